The number of fused-ring (bicyclic) bond motifs is 1. The summed E-state index contributed by atoms with van der Waals surface area (Å²) in [7, 11) is 0. The predicted molar refractivity (Wildman–Crippen MR) is 111 cm³/mol. The van der Waals surface area contributed by atoms with Crippen molar-refractivity contribution < 1.29 is 4.74 Å². The predicted octanol–water partition coefficient (Wildman–Crippen LogP) is 4.84. The molecular formula is C24H28OSe. The fourth-order valence-electron chi connectivity index (χ4n) is 3.79. The number of rotatable bonds is 4. The van der Waals surface area contributed by atoms with Crippen LogP contribution in [-0.2, 0) is 17.4 Å². The molecule has 0 saturated carbocycles. The number of benzene rings is 2. The summed E-state index contributed by atoms with van der Waals surface area (Å²) < 4.78 is 7.63. The zero-order valence-corrected chi connectivity index (χ0v) is 18.2. The summed E-state index contributed by atoms with van der Waals surface area (Å²) in [6.45, 7) is 12.1. The molecule has 1 aliphatic carbocycles. The molecule has 0 radical (unpaired) electrons. The molecule has 1 nitrogen and oxygen atoms in total. The zero-order valence-electron chi connectivity index (χ0n) is 16.5. The first kappa shape index (κ1) is 19.1. The normalized spacial score (nSPS) is 17.2. The molecule has 2 aromatic carbocycles. The Kier molecular flexibility index (Phi) is 5.25. The standard InChI is InChI=1S/C24H28OSe/c1-7-26-19-14-20-22(24(5,6)13-12-23(20,3)4)21(15-19)25-16-18-10-8-17(2)9-11-18/h1,8-11,14-15H,12-13,16H2,2-6H3. The van der Waals surface area contributed by atoms with E-state index < -0.39 is 0 Å². The molecule has 0 N–H and O–H groups in total. The quantitative estimate of drug-likeness (QED) is 0.517. The van der Waals surface area contributed by atoms with E-state index in [-0.39, 0.29) is 25.8 Å². The Morgan fingerprint density at radius 1 is 1.04 bits per heavy atom. The molecule has 0 heterocycles. The van der Waals surface area contributed by atoms with E-state index in [1.807, 2.05) is 0 Å². The van der Waals surface area contributed by atoms with E-state index in [1.54, 1.807) is 0 Å². The van der Waals surface area contributed by atoms with Crippen LogP contribution in [0.3, 0.4) is 0 Å². The van der Waals surface area contributed by atoms with Crippen LogP contribution >= 0.6 is 0 Å². The summed E-state index contributed by atoms with van der Waals surface area (Å²) in [5, 5.41) is 0. The van der Waals surface area contributed by atoms with E-state index in [9.17, 15) is 0 Å². The van der Waals surface area contributed by atoms with Crippen LogP contribution in [0.25, 0.3) is 0 Å². The van der Waals surface area contributed by atoms with Crippen molar-refractivity contribution in [2.75, 3.05) is 0 Å². The van der Waals surface area contributed by atoms with Gasteiger partial charge in [-0.15, -0.1) is 0 Å². The number of aryl methyl sites for hydroxylation is 1. The second-order valence-electron chi connectivity index (χ2n) is 8.61. The topological polar surface area (TPSA) is 9.23 Å². The Bertz CT molecular complexity index is 838. The molecule has 0 fully saturated rings. The molecular weight excluding hydrogens is 383 g/mol. The van der Waals surface area contributed by atoms with Gasteiger partial charge in [0.2, 0.25) is 0 Å². The molecule has 0 spiro atoms. The third kappa shape index (κ3) is 3.85. The summed E-state index contributed by atoms with van der Waals surface area (Å²) in [4.78, 5) is 2.85. The van der Waals surface area contributed by atoms with Crippen LogP contribution in [0.4, 0.5) is 0 Å². The van der Waals surface area contributed by atoms with Crippen molar-refractivity contribution in [3.8, 4) is 17.0 Å². The van der Waals surface area contributed by atoms with Gasteiger partial charge < -0.3 is 0 Å². The first-order valence-electron chi connectivity index (χ1n) is 9.23. The average Bonchev–Trinajstić information content (AvgIpc) is 2.58. The molecule has 2 aromatic rings. The molecule has 0 amide bonds. The van der Waals surface area contributed by atoms with E-state index in [1.165, 1.54) is 39.6 Å². The van der Waals surface area contributed by atoms with Crippen LogP contribution in [0, 0.1) is 18.2 Å². The van der Waals surface area contributed by atoms with E-state index in [0.717, 1.165) is 5.75 Å². The molecule has 0 aliphatic heterocycles. The number of hydrogen-bond acceptors (Lipinski definition) is 1. The van der Waals surface area contributed by atoms with Gasteiger partial charge in [0.05, 0.1) is 0 Å². The van der Waals surface area contributed by atoms with Crippen LogP contribution in [0.15, 0.2) is 36.4 Å². The van der Waals surface area contributed by atoms with Crippen molar-refractivity contribution in [2.24, 2.45) is 0 Å². The van der Waals surface area contributed by atoms with Gasteiger partial charge in [0.1, 0.15) is 0 Å². The van der Waals surface area contributed by atoms with E-state index >= 15 is 0 Å². The first-order chi connectivity index (χ1) is 12.2. The fraction of sp³-hybridized carbons (Fsp3) is 0.417. The van der Waals surface area contributed by atoms with Gasteiger partial charge in [-0.05, 0) is 0 Å². The molecule has 136 valence electrons. The van der Waals surface area contributed by atoms with Crippen molar-refractivity contribution >= 4 is 19.4 Å². The van der Waals surface area contributed by atoms with Crippen LogP contribution in [0.1, 0.15) is 62.8 Å². The van der Waals surface area contributed by atoms with Crippen LogP contribution in [0.5, 0.6) is 5.75 Å². The zero-order chi connectivity index (χ0) is 18.9. The van der Waals surface area contributed by atoms with Gasteiger partial charge in [0.15, 0.2) is 0 Å². The molecule has 0 bridgehead atoms. The summed E-state index contributed by atoms with van der Waals surface area (Å²) in [5.74, 6) is 1.02. The van der Waals surface area contributed by atoms with Gasteiger partial charge in [0.25, 0.3) is 0 Å². The number of hydrogen-bond donors (Lipinski definition) is 0. The summed E-state index contributed by atoms with van der Waals surface area (Å²) in [6.07, 6.45) is 7.99. The van der Waals surface area contributed by atoms with Crippen LogP contribution < -0.4 is 9.20 Å². The van der Waals surface area contributed by atoms with Crippen LogP contribution in [-0.4, -0.2) is 15.0 Å². The van der Waals surface area contributed by atoms with Gasteiger partial charge >= 0.3 is 165 Å². The van der Waals surface area contributed by atoms with Gasteiger partial charge in [-0.25, -0.2) is 0 Å². The molecule has 3 rings (SSSR count). The second-order valence-corrected chi connectivity index (χ2v) is 10.5. The Hall–Kier alpha value is -1.68. The van der Waals surface area contributed by atoms with Gasteiger partial charge in [-0.2, -0.15) is 0 Å². The SMILES string of the molecule is C#C[Se]c1cc(OCc2ccc(C)cc2)c2c(c1)C(C)(C)CCC2(C)C. The third-order valence-electron chi connectivity index (χ3n) is 5.55. The van der Waals surface area contributed by atoms with E-state index in [4.69, 9.17) is 11.2 Å². The van der Waals surface area contributed by atoms with E-state index in [2.05, 4.69) is 75.8 Å². The third-order valence-corrected chi connectivity index (χ3v) is 6.78. The Balaban J connectivity index is 2.03. The molecule has 1 aliphatic rings. The summed E-state index contributed by atoms with van der Waals surface area (Å²) in [5.41, 5.74) is 5.54. The Morgan fingerprint density at radius 3 is 2.35 bits per heavy atom. The molecule has 0 saturated heterocycles. The maximum atomic E-state index is 6.39. The molecule has 0 unspecified atom stereocenters. The van der Waals surface area contributed by atoms with Crippen LogP contribution in [0.2, 0.25) is 0 Å². The second kappa shape index (κ2) is 7.15. The number of terminal acetylenes is 1. The van der Waals surface area contributed by atoms with Crippen molar-refractivity contribution in [3.63, 3.8) is 0 Å². The van der Waals surface area contributed by atoms with Gasteiger partial charge in [-0.3, -0.25) is 0 Å². The molecule has 0 aromatic heterocycles. The molecule has 2 heteroatoms. The summed E-state index contributed by atoms with van der Waals surface area (Å²) >= 11 is 0.0503. The van der Waals surface area contributed by atoms with Crippen molar-refractivity contribution in [1.29, 1.82) is 0 Å². The minimum atomic E-state index is 0.0503. The molecule has 26 heavy (non-hydrogen) atoms. The van der Waals surface area contributed by atoms with Crippen molar-refractivity contribution in [2.45, 2.75) is 64.9 Å². The van der Waals surface area contributed by atoms with Crippen molar-refractivity contribution in [1.82, 2.24) is 0 Å². The summed E-state index contributed by atoms with van der Waals surface area (Å²) in [6, 6.07) is 13.1. The Morgan fingerprint density at radius 2 is 1.69 bits per heavy atom. The first-order valence-corrected chi connectivity index (χ1v) is 10.9. The fourth-order valence-corrected chi connectivity index (χ4v) is 4.80. The van der Waals surface area contributed by atoms with E-state index in [0.29, 0.717) is 6.61 Å². The maximum absolute atomic E-state index is 6.39. The van der Waals surface area contributed by atoms with Gasteiger partial charge in [-0.1, -0.05) is 0 Å². The monoisotopic (exact) mass is 412 g/mol. The van der Waals surface area contributed by atoms with Gasteiger partial charge in [0, 0.05) is 0 Å². The van der Waals surface area contributed by atoms with Crippen molar-refractivity contribution in [3.05, 3.63) is 58.7 Å². The Labute approximate surface area is 164 Å². The molecule has 0 atom stereocenters. The average molecular weight is 411 g/mol. The minimum absolute atomic E-state index is 0.0503. The number of ether oxygens (including phenoxy) is 1.